The molecule has 0 N–H and O–H groups in total. The van der Waals surface area contributed by atoms with Crippen LogP contribution in [0.1, 0.15) is 0 Å². The van der Waals surface area contributed by atoms with E-state index in [2.05, 4.69) is 83.4 Å². The molecule has 0 amide bonds. The third kappa shape index (κ3) is 3.83. The van der Waals surface area contributed by atoms with E-state index in [-0.39, 0.29) is 0 Å². The molecule has 0 radical (unpaired) electrons. The van der Waals surface area contributed by atoms with Crippen LogP contribution in [0.4, 0.5) is 11.4 Å². The Morgan fingerprint density at radius 2 is 1.43 bits per heavy atom. The van der Waals surface area contributed by atoms with Crippen molar-refractivity contribution in [2.45, 2.75) is 0 Å². The Balaban J connectivity index is 1.62. The molecule has 0 atom stereocenters. The van der Waals surface area contributed by atoms with Gasteiger partial charge in [-0.1, -0.05) is 36.4 Å². The van der Waals surface area contributed by atoms with E-state index < -0.39 is 0 Å². The van der Waals surface area contributed by atoms with E-state index in [1.807, 2.05) is 6.07 Å². The molecule has 23 heavy (non-hydrogen) atoms. The molecule has 0 saturated heterocycles. The fraction of sp³-hybridized carbons (Fsp3) is 0.316. The zero-order chi connectivity index (χ0) is 16.1. The lowest BCUT2D eigenvalue weighted by molar-refractivity contribution is 0.454. The van der Waals surface area contributed by atoms with Gasteiger partial charge in [0.25, 0.3) is 0 Å². The molecule has 0 aromatic heterocycles. The summed E-state index contributed by atoms with van der Waals surface area (Å²) < 4.78 is 0. The summed E-state index contributed by atoms with van der Waals surface area (Å²) in [6.45, 7) is 3.59. The van der Waals surface area contributed by atoms with Crippen LogP contribution in [0.15, 0.2) is 65.7 Å². The standard InChI is InChI=1S/C19H24N4/c1-21(17-9-5-3-6-10-17)15-19-20-13-14-23(19)16-22(2)18-11-7-4-8-12-18/h3-12H,13-16H2,1-2H3. The number of hydrogen-bond acceptors (Lipinski definition) is 4. The van der Waals surface area contributed by atoms with Gasteiger partial charge in [-0.05, 0) is 24.3 Å². The molecule has 0 saturated carbocycles. The molecule has 1 aliphatic heterocycles. The molecule has 0 aliphatic carbocycles. The van der Waals surface area contributed by atoms with Gasteiger partial charge in [0, 0.05) is 32.0 Å². The van der Waals surface area contributed by atoms with Gasteiger partial charge in [-0.2, -0.15) is 0 Å². The van der Waals surface area contributed by atoms with Gasteiger partial charge in [0.2, 0.25) is 0 Å². The number of para-hydroxylation sites is 2. The highest BCUT2D eigenvalue weighted by Crippen LogP contribution is 2.15. The van der Waals surface area contributed by atoms with E-state index in [9.17, 15) is 0 Å². The summed E-state index contributed by atoms with van der Waals surface area (Å²) >= 11 is 0. The van der Waals surface area contributed by atoms with Crippen molar-refractivity contribution < 1.29 is 0 Å². The first-order chi connectivity index (χ1) is 11.2. The predicted molar refractivity (Wildman–Crippen MR) is 98.4 cm³/mol. The highest BCUT2D eigenvalue weighted by molar-refractivity contribution is 5.88. The molecule has 120 valence electrons. The third-order valence-corrected chi connectivity index (χ3v) is 4.18. The smallest absolute Gasteiger partial charge is 0.120 e. The number of hydrogen-bond donors (Lipinski definition) is 0. The summed E-state index contributed by atoms with van der Waals surface area (Å²) in [5, 5.41) is 0. The van der Waals surface area contributed by atoms with Crippen molar-refractivity contribution in [1.29, 1.82) is 0 Å². The van der Waals surface area contributed by atoms with Crippen LogP contribution in [0.2, 0.25) is 0 Å². The van der Waals surface area contributed by atoms with Crippen LogP contribution in [0.5, 0.6) is 0 Å². The molecule has 1 aliphatic rings. The fourth-order valence-electron chi connectivity index (χ4n) is 2.84. The Morgan fingerprint density at radius 1 is 0.870 bits per heavy atom. The molecule has 3 rings (SSSR count). The number of likely N-dealkylation sites (N-methyl/N-ethyl adjacent to an activating group) is 1. The van der Waals surface area contributed by atoms with Gasteiger partial charge >= 0.3 is 0 Å². The summed E-state index contributed by atoms with van der Waals surface area (Å²) in [6.07, 6.45) is 0. The summed E-state index contributed by atoms with van der Waals surface area (Å²) in [6, 6.07) is 21.0. The second-order valence-corrected chi connectivity index (χ2v) is 5.93. The van der Waals surface area contributed by atoms with Crippen LogP contribution in [0, 0.1) is 0 Å². The highest BCUT2D eigenvalue weighted by Gasteiger charge is 2.19. The van der Waals surface area contributed by atoms with Crippen molar-refractivity contribution in [3.8, 4) is 0 Å². The highest BCUT2D eigenvalue weighted by atomic mass is 15.4. The van der Waals surface area contributed by atoms with Crippen LogP contribution in [0.25, 0.3) is 0 Å². The number of aliphatic imine (C=N–C) groups is 1. The van der Waals surface area contributed by atoms with E-state index in [1.165, 1.54) is 17.2 Å². The maximum absolute atomic E-state index is 4.70. The summed E-state index contributed by atoms with van der Waals surface area (Å²) in [4.78, 5) is 11.6. The average Bonchev–Trinajstić information content (AvgIpc) is 3.03. The van der Waals surface area contributed by atoms with Crippen LogP contribution in [0.3, 0.4) is 0 Å². The molecule has 1 heterocycles. The van der Waals surface area contributed by atoms with E-state index in [0.717, 1.165) is 26.3 Å². The van der Waals surface area contributed by atoms with E-state index in [4.69, 9.17) is 4.99 Å². The SMILES string of the molecule is CN(CC1=NCCN1CN(C)c1ccccc1)c1ccccc1. The summed E-state index contributed by atoms with van der Waals surface area (Å²) in [7, 11) is 4.25. The molecule has 0 unspecified atom stereocenters. The number of benzene rings is 2. The lowest BCUT2D eigenvalue weighted by atomic mass is 10.3. The van der Waals surface area contributed by atoms with Gasteiger partial charge in [-0.3, -0.25) is 4.99 Å². The minimum absolute atomic E-state index is 0.840. The average molecular weight is 308 g/mol. The van der Waals surface area contributed by atoms with E-state index in [0.29, 0.717) is 0 Å². The maximum atomic E-state index is 4.70. The van der Waals surface area contributed by atoms with Gasteiger partial charge in [0.05, 0.1) is 19.8 Å². The van der Waals surface area contributed by atoms with Gasteiger partial charge in [-0.25, -0.2) is 0 Å². The topological polar surface area (TPSA) is 22.1 Å². The maximum Gasteiger partial charge on any atom is 0.120 e. The molecule has 0 bridgehead atoms. The molecule has 0 spiro atoms. The Kier molecular flexibility index (Phi) is 4.81. The molecule has 2 aromatic carbocycles. The van der Waals surface area contributed by atoms with Gasteiger partial charge in [-0.15, -0.1) is 0 Å². The summed E-state index contributed by atoms with van der Waals surface area (Å²) in [5.74, 6) is 1.17. The molecular formula is C19H24N4. The first kappa shape index (κ1) is 15.4. The zero-order valence-electron chi connectivity index (χ0n) is 13.9. The Bertz CT molecular complexity index is 639. The van der Waals surface area contributed by atoms with E-state index >= 15 is 0 Å². The lowest BCUT2D eigenvalue weighted by Crippen LogP contribution is -2.42. The molecule has 4 heteroatoms. The lowest BCUT2D eigenvalue weighted by Gasteiger charge is -2.30. The van der Waals surface area contributed by atoms with Crippen molar-refractivity contribution in [2.24, 2.45) is 4.99 Å². The molecule has 4 nitrogen and oxygen atoms in total. The van der Waals surface area contributed by atoms with Gasteiger partial charge in [0.15, 0.2) is 0 Å². The quantitative estimate of drug-likeness (QED) is 0.819. The molecule has 2 aromatic rings. The van der Waals surface area contributed by atoms with Crippen molar-refractivity contribution in [3.63, 3.8) is 0 Å². The zero-order valence-corrected chi connectivity index (χ0v) is 13.9. The molecular weight excluding hydrogens is 284 g/mol. The van der Waals surface area contributed by atoms with Gasteiger partial charge in [0.1, 0.15) is 5.84 Å². The second-order valence-electron chi connectivity index (χ2n) is 5.93. The number of anilines is 2. The first-order valence-electron chi connectivity index (χ1n) is 8.04. The van der Waals surface area contributed by atoms with Crippen LogP contribution >= 0.6 is 0 Å². The Morgan fingerprint density at radius 3 is 2.04 bits per heavy atom. The fourth-order valence-corrected chi connectivity index (χ4v) is 2.84. The van der Waals surface area contributed by atoms with Gasteiger partial charge < -0.3 is 14.7 Å². The second kappa shape index (κ2) is 7.18. The van der Waals surface area contributed by atoms with Crippen molar-refractivity contribution in [2.75, 3.05) is 50.2 Å². The predicted octanol–water partition coefficient (Wildman–Crippen LogP) is 2.93. The number of rotatable bonds is 6. The van der Waals surface area contributed by atoms with Crippen molar-refractivity contribution in [3.05, 3.63) is 60.7 Å². The minimum atomic E-state index is 0.840. The monoisotopic (exact) mass is 308 g/mol. The van der Waals surface area contributed by atoms with Crippen molar-refractivity contribution >= 4 is 17.2 Å². The van der Waals surface area contributed by atoms with Crippen LogP contribution in [-0.4, -0.2) is 51.1 Å². The van der Waals surface area contributed by atoms with E-state index in [1.54, 1.807) is 0 Å². The van der Waals surface area contributed by atoms with Crippen LogP contribution < -0.4 is 9.80 Å². The Hall–Kier alpha value is -2.49. The minimum Gasteiger partial charge on any atom is -0.367 e. The largest absolute Gasteiger partial charge is 0.367 e. The third-order valence-electron chi connectivity index (χ3n) is 4.18. The normalized spacial score (nSPS) is 13.8. The Labute approximate surface area is 138 Å². The summed E-state index contributed by atoms with van der Waals surface area (Å²) in [5.41, 5.74) is 2.45. The van der Waals surface area contributed by atoms with Crippen LogP contribution in [-0.2, 0) is 0 Å². The number of nitrogens with zero attached hydrogens (tertiary/aromatic N) is 4. The number of amidine groups is 1. The first-order valence-corrected chi connectivity index (χ1v) is 8.04. The van der Waals surface area contributed by atoms with Crippen molar-refractivity contribution in [1.82, 2.24) is 4.90 Å². The molecule has 0 fully saturated rings.